The van der Waals surface area contributed by atoms with Gasteiger partial charge in [0.15, 0.2) is 5.96 Å². The predicted molar refractivity (Wildman–Crippen MR) is 105 cm³/mol. The normalized spacial score (nSPS) is 13.0. The average molecular weight is 342 g/mol. The highest BCUT2D eigenvalue weighted by Crippen LogP contribution is 2.16. The number of hydrogen-bond acceptors (Lipinski definition) is 2. The molecule has 0 amide bonds. The molecule has 0 radical (unpaired) electrons. The van der Waals surface area contributed by atoms with Crippen LogP contribution in [0.1, 0.15) is 47.8 Å². The van der Waals surface area contributed by atoms with Crippen LogP contribution < -0.4 is 10.6 Å². The van der Waals surface area contributed by atoms with E-state index in [1.54, 1.807) is 0 Å². The van der Waals surface area contributed by atoms with Crippen molar-refractivity contribution in [2.45, 2.75) is 47.1 Å². The van der Waals surface area contributed by atoms with Crippen LogP contribution in [0.15, 0.2) is 29.3 Å². The molecule has 1 aromatic carbocycles. The van der Waals surface area contributed by atoms with Gasteiger partial charge in [0.05, 0.1) is 12.2 Å². The second-order valence-corrected chi connectivity index (χ2v) is 6.66. The minimum absolute atomic E-state index is 0.422. The molecule has 5 nitrogen and oxygen atoms in total. The summed E-state index contributed by atoms with van der Waals surface area (Å²) in [6.45, 7) is 12.9. The largest absolute Gasteiger partial charge is 0.357 e. The fourth-order valence-corrected chi connectivity index (χ4v) is 2.89. The summed E-state index contributed by atoms with van der Waals surface area (Å²) in [5, 5.41) is 11.3. The van der Waals surface area contributed by atoms with Crippen molar-refractivity contribution in [1.29, 1.82) is 0 Å². The lowest BCUT2D eigenvalue weighted by Crippen LogP contribution is -2.39. The van der Waals surface area contributed by atoms with Gasteiger partial charge in [0.25, 0.3) is 0 Å². The van der Waals surface area contributed by atoms with Crippen LogP contribution in [-0.2, 0) is 13.6 Å². The molecule has 0 fully saturated rings. The number of aromatic nitrogens is 2. The van der Waals surface area contributed by atoms with E-state index in [2.05, 4.69) is 67.7 Å². The third-order valence-electron chi connectivity index (χ3n) is 4.59. The molecule has 2 N–H and O–H groups in total. The van der Waals surface area contributed by atoms with Gasteiger partial charge >= 0.3 is 0 Å². The van der Waals surface area contributed by atoms with Crippen molar-refractivity contribution in [3.05, 3.63) is 52.3 Å². The Kier molecular flexibility index (Phi) is 6.62. The molecule has 2 rings (SSSR count). The Bertz CT molecular complexity index is 730. The topological polar surface area (TPSA) is 54.2 Å². The van der Waals surface area contributed by atoms with E-state index in [4.69, 9.17) is 4.99 Å². The van der Waals surface area contributed by atoms with Crippen molar-refractivity contribution in [2.75, 3.05) is 13.1 Å². The van der Waals surface area contributed by atoms with Crippen molar-refractivity contribution in [3.8, 4) is 0 Å². The van der Waals surface area contributed by atoms with Gasteiger partial charge in [-0.1, -0.05) is 36.8 Å². The highest BCUT2D eigenvalue weighted by molar-refractivity contribution is 5.79. The summed E-state index contributed by atoms with van der Waals surface area (Å²) in [5.74, 6) is 1.27. The van der Waals surface area contributed by atoms with Gasteiger partial charge in [-0.25, -0.2) is 4.99 Å². The maximum Gasteiger partial charge on any atom is 0.191 e. The average Bonchev–Trinajstić information content (AvgIpc) is 2.82. The van der Waals surface area contributed by atoms with Crippen LogP contribution >= 0.6 is 0 Å². The first-order valence-corrected chi connectivity index (χ1v) is 9.00. The van der Waals surface area contributed by atoms with Crippen molar-refractivity contribution < 1.29 is 0 Å². The first kappa shape index (κ1) is 19.0. The summed E-state index contributed by atoms with van der Waals surface area (Å²) < 4.78 is 1.92. The van der Waals surface area contributed by atoms with Gasteiger partial charge in [-0.15, -0.1) is 0 Å². The number of aryl methyl sites for hydroxylation is 3. The lowest BCUT2D eigenvalue weighted by molar-refractivity contribution is 0.699. The van der Waals surface area contributed by atoms with Gasteiger partial charge in [-0.2, -0.15) is 5.10 Å². The molecule has 1 aromatic heterocycles. The predicted octanol–water partition coefficient (Wildman–Crippen LogP) is 3.20. The molecule has 2 aromatic rings. The summed E-state index contributed by atoms with van der Waals surface area (Å²) >= 11 is 0. The molecule has 1 atom stereocenters. The van der Waals surface area contributed by atoms with Crippen molar-refractivity contribution >= 4 is 5.96 Å². The monoisotopic (exact) mass is 341 g/mol. The molecule has 0 spiro atoms. The first-order chi connectivity index (χ1) is 11.9. The molecule has 25 heavy (non-hydrogen) atoms. The maximum atomic E-state index is 4.74. The summed E-state index contributed by atoms with van der Waals surface area (Å²) in [6, 6.07) is 8.69. The minimum Gasteiger partial charge on any atom is -0.357 e. The summed E-state index contributed by atoms with van der Waals surface area (Å²) in [6.07, 6.45) is 0. The Hall–Kier alpha value is -2.30. The second-order valence-electron chi connectivity index (χ2n) is 6.66. The van der Waals surface area contributed by atoms with E-state index in [0.717, 1.165) is 24.7 Å². The Morgan fingerprint density at radius 3 is 2.60 bits per heavy atom. The zero-order valence-corrected chi connectivity index (χ0v) is 16.3. The van der Waals surface area contributed by atoms with Gasteiger partial charge in [0, 0.05) is 31.4 Å². The minimum atomic E-state index is 0.422. The molecule has 0 aliphatic heterocycles. The molecule has 0 saturated carbocycles. The van der Waals surface area contributed by atoms with Gasteiger partial charge in [0.1, 0.15) is 0 Å². The van der Waals surface area contributed by atoms with E-state index in [0.29, 0.717) is 12.5 Å². The van der Waals surface area contributed by atoms with E-state index >= 15 is 0 Å². The zero-order chi connectivity index (χ0) is 18.4. The number of hydrogen-bond donors (Lipinski definition) is 2. The molecular formula is C20H31N5. The third kappa shape index (κ3) is 5.08. The summed E-state index contributed by atoms with van der Waals surface area (Å²) in [5.41, 5.74) is 6.07. The lowest BCUT2D eigenvalue weighted by atomic mass is 9.99. The van der Waals surface area contributed by atoms with Crippen LogP contribution in [0.4, 0.5) is 0 Å². The summed E-state index contributed by atoms with van der Waals surface area (Å²) in [7, 11) is 1.97. The van der Waals surface area contributed by atoms with Crippen LogP contribution in [0.25, 0.3) is 0 Å². The van der Waals surface area contributed by atoms with E-state index in [1.165, 1.54) is 22.4 Å². The molecular weight excluding hydrogens is 310 g/mol. The Morgan fingerprint density at radius 1 is 1.24 bits per heavy atom. The Balaban J connectivity index is 2.02. The first-order valence-electron chi connectivity index (χ1n) is 9.00. The SMILES string of the molecule is CCNC(=NCc1c(C)nn(C)c1C)NCC(C)c1cccc(C)c1. The quantitative estimate of drug-likeness (QED) is 0.627. The molecule has 0 aliphatic rings. The number of benzene rings is 1. The number of nitrogens with one attached hydrogen (secondary N) is 2. The molecule has 5 heteroatoms. The molecule has 136 valence electrons. The molecule has 0 saturated heterocycles. The lowest BCUT2D eigenvalue weighted by Gasteiger charge is -2.16. The summed E-state index contributed by atoms with van der Waals surface area (Å²) in [4.78, 5) is 4.74. The van der Waals surface area contributed by atoms with Gasteiger partial charge in [-0.3, -0.25) is 4.68 Å². The van der Waals surface area contributed by atoms with Crippen LogP contribution in [-0.4, -0.2) is 28.8 Å². The van der Waals surface area contributed by atoms with Crippen LogP contribution in [0.2, 0.25) is 0 Å². The highest BCUT2D eigenvalue weighted by atomic mass is 15.3. The Morgan fingerprint density at radius 2 is 2.00 bits per heavy atom. The standard InChI is InChI=1S/C20H31N5/c1-7-21-20(23-13-19-16(4)24-25(6)17(19)5)22-12-15(3)18-10-8-9-14(2)11-18/h8-11,15H,7,12-13H2,1-6H3,(H2,21,22,23). The van der Waals surface area contributed by atoms with E-state index < -0.39 is 0 Å². The second kappa shape index (κ2) is 8.70. The van der Waals surface area contributed by atoms with Crippen molar-refractivity contribution in [3.63, 3.8) is 0 Å². The van der Waals surface area contributed by atoms with Crippen molar-refractivity contribution in [1.82, 2.24) is 20.4 Å². The van der Waals surface area contributed by atoms with Crippen LogP contribution in [0.5, 0.6) is 0 Å². The number of guanidine groups is 1. The van der Waals surface area contributed by atoms with Gasteiger partial charge in [-0.05, 0) is 39.2 Å². The van der Waals surface area contributed by atoms with Gasteiger partial charge in [0.2, 0.25) is 0 Å². The highest BCUT2D eigenvalue weighted by Gasteiger charge is 2.10. The van der Waals surface area contributed by atoms with Gasteiger partial charge < -0.3 is 10.6 Å². The smallest absolute Gasteiger partial charge is 0.191 e. The third-order valence-corrected chi connectivity index (χ3v) is 4.59. The Labute approximate surface area is 151 Å². The number of aliphatic imine (C=N–C) groups is 1. The number of nitrogens with zero attached hydrogens (tertiary/aromatic N) is 3. The van der Waals surface area contributed by atoms with Crippen molar-refractivity contribution in [2.24, 2.45) is 12.0 Å². The van der Waals surface area contributed by atoms with E-state index in [-0.39, 0.29) is 0 Å². The fourth-order valence-electron chi connectivity index (χ4n) is 2.89. The maximum absolute atomic E-state index is 4.74. The molecule has 0 bridgehead atoms. The fraction of sp³-hybridized carbons (Fsp3) is 0.500. The molecule has 0 aliphatic carbocycles. The van der Waals surface area contributed by atoms with E-state index in [1.807, 2.05) is 18.7 Å². The molecule has 1 unspecified atom stereocenters. The van der Waals surface area contributed by atoms with E-state index in [9.17, 15) is 0 Å². The van der Waals surface area contributed by atoms with Crippen LogP contribution in [0, 0.1) is 20.8 Å². The number of rotatable bonds is 6. The zero-order valence-electron chi connectivity index (χ0n) is 16.3. The molecule has 1 heterocycles. The van der Waals surface area contributed by atoms with Crippen LogP contribution in [0.3, 0.4) is 0 Å².